The Balaban J connectivity index is 1.74. The third-order valence-electron chi connectivity index (χ3n) is 5.52. The van der Waals surface area contributed by atoms with Gasteiger partial charge in [0.15, 0.2) is 0 Å². The van der Waals surface area contributed by atoms with Gasteiger partial charge in [-0.3, -0.25) is 10.2 Å². The van der Waals surface area contributed by atoms with Crippen LogP contribution in [0.25, 0.3) is 11.0 Å². The molecular formula is C23H26Cl2N4O2. The van der Waals surface area contributed by atoms with E-state index in [9.17, 15) is 4.79 Å². The number of carbonyl (C=O) groups excluding carboxylic acids is 1. The average molecular weight is 461 g/mol. The molecule has 1 saturated heterocycles. The van der Waals surface area contributed by atoms with Crippen LogP contribution in [0.5, 0.6) is 0 Å². The van der Waals surface area contributed by atoms with Crippen LogP contribution in [0.15, 0.2) is 42.5 Å². The maximum atomic E-state index is 13.4. The van der Waals surface area contributed by atoms with Crippen LogP contribution in [0.4, 0.5) is 0 Å². The number of benzene rings is 2. The molecule has 1 amide bonds. The van der Waals surface area contributed by atoms with Gasteiger partial charge in [-0.1, -0.05) is 54.7 Å². The molecular weight excluding hydrogens is 435 g/mol. The highest BCUT2D eigenvalue weighted by Gasteiger charge is 2.27. The maximum Gasteiger partial charge on any atom is 0.257 e. The number of amides is 1. The highest BCUT2D eigenvalue weighted by Crippen LogP contribution is 2.31. The average Bonchev–Trinajstić information content (AvgIpc) is 3.13. The van der Waals surface area contributed by atoms with Gasteiger partial charge in [0.1, 0.15) is 11.9 Å². The normalized spacial score (nSPS) is 15.8. The lowest BCUT2D eigenvalue weighted by Gasteiger charge is -2.30. The van der Waals surface area contributed by atoms with Gasteiger partial charge in [0.05, 0.1) is 24.2 Å². The first kappa shape index (κ1) is 22.1. The second kappa shape index (κ2) is 10.0. The molecule has 2 heterocycles. The molecule has 6 nitrogen and oxygen atoms in total. The van der Waals surface area contributed by atoms with Crippen LogP contribution in [0.3, 0.4) is 0 Å². The molecule has 4 rings (SSSR count). The monoisotopic (exact) mass is 460 g/mol. The van der Waals surface area contributed by atoms with E-state index in [0.717, 1.165) is 28.8 Å². The molecule has 1 atom stereocenters. The van der Waals surface area contributed by atoms with Crippen molar-refractivity contribution >= 4 is 40.1 Å². The van der Waals surface area contributed by atoms with Crippen molar-refractivity contribution in [3.63, 3.8) is 0 Å². The van der Waals surface area contributed by atoms with E-state index in [1.165, 1.54) is 0 Å². The summed E-state index contributed by atoms with van der Waals surface area (Å²) in [6.07, 6.45) is 2.00. The quantitative estimate of drug-likeness (QED) is 0.557. The fourth-order valence-electron chi connectivity index (χ4n) is 3.98. The van der Waals surface area contributed by atoms with Crippen LogP contribution < -0.4 is 5.43 Å². The predicted octanol–water partition coefficient (Wildman–Crippen LogP) is 4.64. The second-order valence-electron chi connectivity index (χ2n) is 7.64. The Bertz CT molecular complexity index is 1040. The lowest BCUT2D eigenvalue weighted by molar-refractivity contribution is -0.131. The summed E-state index contributed by atoms with van der Waals surface area (Å²) >= 11 is 12.9. The zero-order chi connectivity index (χ0) is 21.8. The maximum absolute atomic E-state index is 13.4. The number of imidazole rings is 1. The van der Waals surface area contributed by atoms with Crippen LogP contribution in [-0.4, -0.2) is 46.8 Å². The number of rotatable bonds is 7. The van der Waals surface area contributed by atoms with E-state index < -0.39 is 6.04 Å². The number of halogens is 2. The summed E-state index contributed by atoms with van der Waals surface area (Å²) in [6, 6.07) is 13.0. The minimum atomic E-state index is -0.392. The van der Waals surface area contributed by atoms with Crippen LogP contribution in [0.1, 0.15) is 37.2 Å². The number of hydrazine groups is 1. The number of para-hydroxylation sites is 2. The first-order valence-electron chi connectivity index (χ1n) is 10.6. The Morgan fingerprint density at radius 1 is 1.13 bits per heavy atom. The van der Waals surface area contributed by atoms with E-state index in [-0.39, 0.29) is 5.91 Å². The van der Waals surface area contributed by atoms with Gasteiger partial charge in [0.2, 0.25) is 0 Å². The molecule has 1 aromatic heterocycles. The summed E-state index contributed by atoms with van der Waals surface area (Å²) in [5, 5.41) is 3.12. The number of nitrogens with zero attached hydrogens (tertiary/aromatic N) is 3. The number of hydrogen-bond donors (Lipinski definition) is 1. The van der Waals surface area contributed by atoms with Crippen molar-refractivity contribution in [1.82, 2.24) is 20.0 Å². The highest BCUT2D eigenvalue weighted by atomic mass is 35.5. The van der Waals surface area contributed by atoms with E-state index in [1.807, 2.05) is 52.0 Å². The molecule has 2 aromatic carbocycles. The zero-order valence-corrected chi connectivity index (χ0v) is 19.0. The minimum Gasteiger partial charge on any atom is -0.379 e. The molecule has 1 aliphatic rings. The highest BCUT2D eigenvalue weighted by molar-refractivity contribution is 6.36. The molecule has 0 bridgehead atoms. The summed E-state index contributed by atoms with van der Waals surface area (Å²) in [4.78, 5) is 18.2. The van der Waals surface area contributed by atoms with Crippen molar-refractivity contribution in [3.8, 4) is 0 Å². The molecule has 1 fully saturated rings. The first-order chi connectivity index (χ1) is 15.1. The largest absolute Gasteiger partial charge is 0.379 e. The van der Waals surface area contributed by atoms with Crippen molar-refractivity contribution in [2.75, 3.05) is 26.3 Å². The summed E-state index contributed by atoms with van der Waals surface area (Å²) in [5.41, 5.74) is 5.67. The first-order valence-corrected chi connectivity index (χ1v) is 11.4. The Hall–Kier alpha value is -2.12. The Morgan fingerprint density at radius 3 is 2.55 bits per heavy atom. The third kappa shape index (κ3) is 4.88. The van der Waals surface area contributed by atoms with E-state index in [4.69, 9.17) is 32.9 Å². The number of aromatic nitrogens is 2. The topological polar surface area (TPSA) is 59.4 Å². The summed E-state index contributed by atoms with van der Waals surface area (Å²) in [6.45, 7) is 4.67. The summed E-state index contributed by atoms with van der Waals surface area (Å²) in [5.74, 6) is 0.727. The van der Waals surface area contributed by atoms with E-state index >= 15 is 0 Å². The Kier molecular flexibility index (Phi) is 7.13. The number of ether oxygens (including phenoxy) is 1. The number of fused-ring (bicyclic) bond motifs is 1. The van der Waals surface area contributed by atoms with E-state index in [2.05, 4.69) is 12.3 Å². The molecule has 3 aromatic rings. The fraction of sp³-hybridized carbons (Fsp3) is 0.391. The number of morpholine rings is 1. The Morgan fingerprint density at radius 2 is 1.84 bits per heavy atom. The molecule has 31 heavy (non-hydrogen) atoms. The van der Waals surface area contributed by atoms with Gasteiger partial charge in [-0.15, -0.1) is 0 Å². The zero-order valence-electron chi connectivity index (χ0n) is 17.5. The van der Waals surface area contributed by atoms with Gasteiger partial charge in [-0.2, -0.15) is 0 Å². The molecule has 8 heteroatoms. The lowest BCUT2D eigenvalue weighted by atomic mass is 10.1. The van der Waals surface area contributed by atoms with Gasteiger partial charge in [-0.05, 0) is 36.2 Å². The van der Waals surface area contributed by atoms with Crippen LogP contribution >= 0.6 is 23.2 Å². The Labute approximate surface area is 192 Å². The minimum absolute atomic E-state index is 0.0431. The van der Waals surface area contributed by atoms with Gasteiger partial charge >= 0.3 is 0 Å². The van der Waals surface area contributed by atoms with Gasteiger partial charge in [0.25, 0.3) is 5.91 Å². The van der Waals surface area contributed by atoms with Gasteiger partial charge in [0, 0.05) is 29.6 Å². The third-order valence-corrected chi connectivity index (χ3v) is 6.23. The molecule has 0 spiro atoms. The smallest absolute Gasteiger partial charge is 0.257 e. The van der Waals surface area contributed by atoms with E-state index in [0.29, 0.717) is 49.2 Å². The molecule has 0 unspecified atom stereocenters. The molecule has 1 aliphatic heterocycles. The van der Waals surface area contributed by atoms with Crippen molar-refractivity contribution in [3.05, 3.63) is 63.9 Å². The SMILES string of the molecule is CCC[C@@H](C(=O)NN1CCOCC1)n1c(Cc2c(Cl)cccc2Cl)nc2ccccc21. The van der Waals surface area contributed by atoms with Gasteiger partial charge in [-0.25, -0.2) is 9.99 Å². The predicted molar refractivity (Wildman–Crippen MR) is 123 cm³/mol. The van der Waals surface area contributed by atoms with Crippen LogP contribution in [0, 0.1) is 0 Å². The van der Waals surface area contributed by atoms with Crippen molar-refractivity contribution in [2.24, 2.45) is 0 Å². The molecule has 0 saturated carbocycles. The molecule has 1 N–H and O–H groups in total. The van der Waals surface area contributed by atoms with Crippen LogP contribution in [0.2, 0.25) is 10.0 Å². The molecule has 0 radical (unpaired) electrons. The number of nitrogens with one attached hydrogen (secondary N) is 1. The van der Waals surface area contributed by atoms with Crippen molar-refractivity contribution < 1.29 is 9.53 Å². The van der Waals surface area contributed by atoms with E-state index in [1.54, 1.807) is 0 Å². The van der Waals surface area contributed by atoms with Crippen molar-refractivity contribution in [1.29, 1.82) is 0 Å². The van der Waals surface area contributed by atoms with Crippen LogP contribution in [-0.2, 0) is 16.0 Å². The fourth-order valence-corrected chi connectivity index (χ4v) is 4.51. The van der Waals surface area contributed by atoms with Gasteiger partial charge < -0.3 is 9.30 Å². The summed E-state index contributed by atoms with van der Waals surface area (Å²) < 4.78 is 7.44. The van der Waals surface area contributed by atoms with Crippen molar-refractivity contribution in [2.45, 2.75) is 32.2 Å². The molecule has 164 valence electrons. The lowest BCUT2D eigenvalue weighted by Crippen LogP contribution is -2.50. The second-order valence-corrected chi connectivity index (χ2v) is 8.46. The molecule has 0 aliphatic carbocycles. The summed E-state index contributed by atoms with van der Waals surface area (Å²) in [7, 11) is 0. The number of hydrogen-bond acceptors (Lipinski definition) is 4. The number of carbonyl (C=O) groups is 1. The standard InChI is InChI=1S/C23H26Cl2N4O2/c1-2-6-21(23(30)27-28-11-13-31-14-12-28)29-20-10-4-3-9-19(20)26-22(29)15-16-17(24)7-5-8-18(16)25/h3-5,7-10,21H,2,6,11-15H2,1H3,(H,27,30)/t21-/m0/s1.